The van der Waals surface area contributed by atoms with Gasteiger partial charge >= 0.3 is 6.01 Å². The molecule has 1 aromatic heterocycles. The van der Waals surface area contributed by atoms with Gasteiger partial charge in [0.1, 0.15) is 5.75 Å². The zero-order valence-electron chi connectivity index (χ0n) is 11.4. The lowest BCUT2D eigenvalue weighted by Crippen LogP contribution is -2.21. The van der Waals surface area contributed by atoms with Gasteiger partial charge in [0.05, 0.1) is 10.0 Å². The van der Waals surface area contributed by atoms with E-state index in [0.29, 0.717) is 10.0 Å². The maximum atomic E-state index is 8.79. The second-order valence-electron chi connectivity index (χ2n) is 4.19. The van der Waals surface area contributed by atoms with Crippen molar-refractivity contribution in [2.75, 3.05) is 18.8 Å². The molecule has 1 aromatic carbocycles. The minimum atomic E-state index is 0.106. The summed E-state index contributed by atoms with van der Waals surface area (Å²) in [5, 5.41) is 19.5. The number of nitrogens with one attached hydrogen (secondary N) is 1. The average molecular weight is 333 g/mol. The van der Waals surface area contributed by atoms with Crippen molar-refractivity contribution in [1.29, 1.82) is 0 Å². The maximum Gasteiger partial charge on any atom is 0.312 e. The molecule has 1 fully saturated rings. The first kappa shape index (κ1) is 17.6. The number of anilines is 1. The molecule has 0 bridgehead atoms. The van der Waals surface area contributed by atoms with Gasteiger partial charge in [-0.25, -0.2) is 0 Å². The van der Waals surface area contributed by atoms with Crippen LogP contribution in [0.15, 0.2) is 29.0 Å². The highest BCUT2D eigenvalue weighted by Gasteiger charge is 1.95. The minimum Gasteiger partial charge on any atom is -0.508 e. The van der Waals surface area contributed by atoms with Crippen LogP contribution in [0.5, 0.6) is 5.75 Å². The van der Waals surface area contributed by atoms with Gasteiger partial charge in [-0.05, 0) is 44.1 Å². The highest BCUT2D eigenvalue weighted by molar-refractivity contribution is 6.42. The molecule has 4 N–H and O–H groups in total. The number of aromatic hydroxyl groups is 1. The molecule has 0 spiro atoms. The number of aromatic nitrogens is 2. The van der Waals surface area contributed by atoms with Gasteiger partial charge in [-0.1, -0.05) is 34.7 Å². The van der Waals surface area contributed by atoms with E-state index >= 15 is 0 Å². The number of nitrogens with two attached hydrogens (primary N) is 1. The Balaban J connectivity index is 0.000000163. The van der Waals surface area contributed by atoms with Gasteiger partial charge in [0.15, 0.2) is 0 Å². The predicted molar refractivity (Wildman–Crippen MR) is 83.6 cm³/mol. The smallest absolute Gasteiger partial charge is 0.312 e. The Hall–Kier alpha value is -1.50. The van der Waals surface area contributed by atoms with E-state index in [1.165, 1.54) is 50.9 Å². The standard InChI is InChI=1S/C6H4Cl2O.C5H11N.C2H3N3O/c7-5-2-1-4(9)3-6(5)8;1-2-4-6-5-3-1;3-2-5-4-1-6-2/h1-3,9H;6H,1-5H2;1H,(H2,3,5). The van der Waals surface area contributed by atoms with E-state index in [1.54, 1.807) is 6.07 Å². The Morgan fingerprint density at radius 1 is 1.14 bits per heavy atom. The summed E-state index contributed by atoms with van der Waals surface area (Å²) in [6, 6.07) is 4.52. The first-order valence-electron chi connectivity index (χ1n) is 6.46. The first-order chi connectivity index (χ1) is 10.1. The van der Waals surface area contributed by atoms with Crippen LogP contribution in [-0.2, 0) is 0 Å². The van der Waals surface area contributed by atoms with Gasteiger partial charge in [-0.2, -0.15) is 0 Å². The van der Waals surface area contributed by atoms with Crippen LogP contribution in [0.2, 0.25) is 10.0 Å². The molecule has 1 aliphatic rings. The van der Waals surface area contributed by atoms with Gasteiger partial charge in [0.25, 0.3) is 0 Å². The van der Waals surface area contributed by atoms with Crippen LogP contribution in [-0.4, -0.2) is 28.4 Å². The van der Waals surface area contributed by atoms with Crippen molar-refractivity contribution in [2.45, 2.75) is 19.3 Å². The van der Waals surface area contributed by atoms with Crippen LogP contribution in [0.4, 0.5) is 6.01 Å². The fourth-order valence-corrected chi connectivity index (χ4v) is 1.76. The number of phenols is 1. The molecule has 0 aliphatic carbocycles. The van der Waals surface area contributed by atoms with E-state index in [2.05, 4.69) is 19.9 Å². The summed E-state index contributed by atoms with van der Waals surface area (Å²) in [5.41, 5.74) is 4.94. The maximum absolute atomic E-state index is 8.79. The lowest BCUT2D eigenvalue weighted by Gasteiger charge is -2.08. The Labute approximate surface area is 133 Å². The van der Waals surface area contributed by atoms with Gasteiger partial charge in [-0.15, -0.1) is 5.10 Å². The molecule has 116 valence electrons. The van der Waals surface area contributed by atoms with Crippen LogP contribution in [0.3, 0.4) is 0 Å². The fraction of sp³-hybridized carbons (Fsp3) is 0.385. The molecule has 2 aromatic rings. The number of rotatable bonds is 0. The van der Waals surface area contributed by atoms with Crippen LogP contribution >= 0.6 is 23.2 Å². The average Bonchev–Trinajstić information content (AvgIpc) is 2.98. The van der Waals surface area contributed by atoms with E-state index in [0.717, 1.165) is 0 Å². The number of piperidine rings is 1. The largest absolute Gasteiger partial charge is 0.508 e. The summed E-state index contributed by atoms with van der Waals surface area (Å²) >= 11 is 11.1. The van der Waals surface area contributed by atoms with Crippen molar-refractivity contribution < 1.29 is 9.52 Å². The predicted octanol–water partition coefficient (Wildman–Crippen LogP) is 3.11. The normalized spacial score (nSPS) is 13.4. The third-order valence-electron chi connectivity index (χ3n) is 2.49. The van der Waals surface area contributed by atoms with Gasteiger partial charge < -0.3 is 20.6 Å². The molecule has 2 heterocycles. The monoisotopic (exact) mass is 332 g/mol. The molecule has 21 heavy (non-hydrogen) atoms. The summed E-state index contributed by atoms with van der Waals surface area (Å²) in [7, 11) is 0. The summed E-state index contributed by atoms with van der Waals surface area (Å²) in [6.07, 6.45) is 5.39. The van der Waals surface area contributed by atoms with Crippen molar-refractivity contribution in [2.24, 2.45) is 0 Å². The van der Waals surface area contributed by atoms with E-state index in [4.69, 9.17) is 34.0 Å². The van der Waals surface area contributed by atoms with Crippen molar-refractivity contribution in [3.05, 3.63) is 34.6 Å². The molecule has 1 aliphatic heterocycles. The number of benzene rings is 1. The Bertz CT molecular complexity index is 493. The SMILES string of the molecule is C1CCNCC1.Nc1nnco1.Oc1ccc(Cl)c(Cl)c1. The zero-order chi connectivity index (χ0) is 15.5. The van der Waals surface area contributed by atoms with E-state index in [-0.39, 0.29) is 11.8 Å². The molecule has 0 radical (unpaired) electrons. The molecular formula is C13H18Cl2N4O2. The van der Waals surface area contributed by atoms with Gasteiger partial charge in [-0.3, -0.25) is 0 Å². The van der Waals surface area contributed by atoms with Crippen LogP contribution in [0, 0.1) is 0 Å². The van der Waals surface area contributed by atoms with E-state index in [1.807, 2.05) is 0 Å². The number of phenolic OH excluding ortho intramolecular Hbond substituents is 1. The number of halogens is 2. The molecular weight excluding hydrogens is 315 g/mol. The lowest BCUT2D eigenvalue weighted by molar-refractivity contribution is 0.475. The molecule has 6 nitrogen and oxygen atoms in total. The number of nitrogens with zero attached hydrogens (tertiary/aromatic N) is 2. The van der Waals surface area contributed by atoms with Crippen LogP contribution in [0.1, 0.15) is 19.3 Å². The molecule has 8 heteroatoms. The second kappa shape index (κ2) is 10.3. The molecule has 1 saturated heterocycles. The first-order valence-corrected chi connectivity index (χ1v) is 7.21. The quantitative estimate of drug-likeness (QED) is 0.685. The number of hydrogen-bond donors (Lipinski definition) is 3. The Morgan fingerprint density at radius 3 is 2.14 bits per heavy atom. The van der Waals surface area contributed by atoms with Crippen LogP contribution in [0.25, 0.3) is 0 Å². The minimum absolute atomic E-state index is 0.106. The fourth-order valence-electron chi connectivity index (χ4n) is 1.47. The third kappa shape index (κ3) is 8.39. The summed E-state index contributed by atoms with van der Waals surface area (Å²) in [5.74, 6) is 0.129. The van der Waals surface area contributed by atoms with E-state index in [9.17, 15) is 0 Å². The van der Waals surface area contributed by atoms with Crippen LogP contribution < -0.4 is 11.1 Å². The molecule has 0 unspecified atom stereocenters. The highest BCUT2D eigenvalue weighted by Crippen LogP contribution is 2.24. The second-order valence-corrected chi connectivity index (χ2v) is 5.00. The van der Waals surface area contributed by atoms with Crippen molar-refractivity contribution >= 4 is 29.2 Å². The van der Waals surface area contributed by atoms with Crippen molar-refractivity contribution in [3.63, 3.8) is 0 Å². The number of hydrogen-bond acceptors (Lipinski definition) is 6. The Morgan fingerprint density at radius 2 is 1.86 bits per heavy atom. The van der Waals surface area contributed by atoms with E-state index < -0.39 is 0 Å². The molecule has 3 rings (SSSR count). The lowest BCUT2D eigenvalue weighted by atomic mass is 10.2. The van der Waals surface area contributed by atoms with Gasteiger partial charge in [0, 0.05) is 0 Å². The van der Waals surface area contributed by atoms with Crippen molar-refractivity contribution in [1.82, 2.24) is 15.5 Å². The third-order valence-corrected chi connectivity index (χ3v) is 3.23. The molecule has 0 amide bonds. The summed E-state index contributed by atoms with van der Waals surface area (Å²) < 4.78 is 4.39. The summed E-state index contributed by atoms with van der Waals surface area (Å²) in [4.78, 5) is 0. The molecule has 0 atom stereocenters. The summed E-state index contributed by atoms with van der Waals surface area (Å²) in [6.45, 7) is 2.50. The van der Waals surface area contributed by atoms with Gasteiger partial charge in [0.2, 0.25) is 6.39 Å². The zero-order valence-corrected chi connectivity index (χ0v) is 12.9. The van der Waals surface area contributed by atoms with Crippen molar-refractivity contribution in [3.8, 4) is 5.75 Å². The topological polar surface area (TPSA) is 97.2 Å². The molecule has 0 saturated carbocycles. The Kier molecular flexibility index (Phi) is 8.57. The highest BCUT2D eigenvalue weighted by atomic mass is 35.5. The number of nitrogen functional groups attached to an aromatic ring is 1.